The number of thiophene rings is 1. The number of carbonyl (C=O) groups is 1. The summed E-state index contributed by atoms with van der Waals surface area (Å²) < 4.78 is 2.24. The van der Waals surface area contributed by atoms with Gasteiger partial charge in [-0.05, 0) is 46.7 Å². The fraction of sp³-hybridized carbons (Fsp3) is 0.318. The summed E-state index contributed by atoms with van der Waals surface area (Å²) in [7, 11) is 0. The zero-order chi connectivity index (χ0) is 19.0. The number of carbonyl (C=O) groups excluding carboxylic acids is 1. The van der Waals surface area contributed by atoms with Crippen LogP contribution in [0.25, 0.3) is 0 Å². The minimum atomic E-state index is -0.0515. The molecule has 3 aromatic rings. The average molecular weight is 380 g/mol. The van der Waals surface area contributed by atoms with Crippen molar-refractivity contribution in [3.05, 3.63) is 76.2 Å². The summed E-state index contributed by atoms with van der Waals surface area (Å²) in [6, 6.07) is 16.4. The molecule has 4 nitrogen and oxygen atoms in total. The highest BCUT2D eigenvalue weighted by Crippen LogP contribution is 2.35. The van der Waals surface area contributed by atoms with E-state index in [4.69, 9.17) is 0 Å². The molecular formula is C22H25N3OS. The van der Waals surface area contributed by atoms with Crippen molar-refractivity contribution < 1.29 is 4.79 Å². The van der Waals surface area contributed by atoms with Gasteiger partial charge in [0.15, 0.2) is 0 Å². The van der Waals surface area contributed by atoms with Crippen molar-refractivity contribution in [2.75, 3.05) is 11.9 Å². The van der Waals surface area contributed by atoms with Gasteiger partial charge in [0.25, 0.3) is 0 Å². The van der Waals surface area contributed by atoms with Gasteiger partial charge in [0.05, 0.1) is 0 Å². The first-order valence-corrected chi connectivity index (χ1v) is 10.2. The minimum Gasteiger partial charge on any atom is -0.347 e. The van der Waals surface area contributed by atoms with Crippen molar-refractivity contribution in [3.63, 3.8) is 0 Å². The van der Waals surface area contributed by atoms with E-state index in [9.17, 15) is 4.79 Å². The summed E-state index contributed by atoms with van der Waals surface area (Å²) in [5.41, 5.74) is 3.36. The molecular weight excluding hydrogens is 354 g/mol. The first-order chi connectivity index (χ1) is 12.9. The fourth-order valence-electron chi connectivity index (χ4n) is 3.60. The highest BCUT2D eigenvalue weighted by Gasteiger charge is 2.32. The van der Waals surface area contributed by atoms with Crippen molar-refractivity contribution in [1.82, 2.24) is 9.47 Å². The number of nitrogens with one attached hydrogen (secondary N) is 1. The molecule has 0 bridgehead atoms. The summed E-state index contributed by atoms with van der Waals surface area (Å²) in [5.74, 6) is 0. The van der Waals surface area contributed by atoms with E-state index in [1.165, 1.54) is 16.1 Å². The lowest BCUT2D eigenvalue weighted by Crippen LogP contribution is -2.44. The van der Waals surface area contributed by atoms with Gasteiger partial charge in [0.1, 0.15) is 6.04 Å². The quantitative estimate of drug-likeness (QED) is 0.628. The molecule has 1 aliphatic heterocycles. The second-order valence-electron chi connectivity index (χ2n) is 8.00. The van der Waals surface area contributed by atoms with Gasteiger partial charge in [-0.15, -0.1) is 11.3 Å². The van der Waals surface area contributed by atoms with Crippen LogP contribution in [0.4, 0.5) is 10.5 Å². The van der Waals surface area contributed by atoms with Gasteiger partial charge in [0.2, 0.25) is 0 Å². The van der Waals surface area contributed by atoms with E-state index in [2.05, 4.69) is 72.6 Å². The summed E-state index contributed by atoms with van der Waals surface area (Å²) in [6.45, 7) is 8.08. The van der Waals surface area contributed by atoms with E-state index in [1.54, 1.807) is 11.3 Å². The van der Waals surface area contributed by atoms with Gasteiger partial charge in [-0.25, -0.2) is 4.79 Å². The van der Waals surface area contributed by atoms with Crippen LogP contribution in [0.1, 0.15) is 42.9 Å². The van der Waals surface area contributed by atoms with Crippen molar-refractivity contribution in [3.8, 4) is 0 Å². The Bertz CT molecular complexity index is 919. The maximum atomic E-state index is 13.1. The molecule has 27 heavy (non-hydrogen) atoms. The van der Waals surface area contributed by atoms with Crippen LogP contribution in [0, 0.1) is 0 Å². The van der Waals surface area contributed by atoms with Crippen LogP contribution in [0.5, 0.6) is 0 Å². The Morgan fingerprint density at radius 3 is 2.52 bits per heavy atom. The molecule has 1 aromatic carbocycles. The minimum absolute atomic E-state index is 0.0393. The zero-order valence-electron chi connectivity index (χ0n) is 16.0. The van der Waals surface area contributed by atoms with Crippen molar-refractivity contribution in [2.24, 2.45) is 0 Å². The Kier molecular flexibility index (Phi) is 4.56. The Labute approximate surface area is 164 Å². The molecule has 0 spiro atoms. The Hall–Kier alpha value is -2.53. The van der Waals surface area contributed by atoms with Gasteiger partial charge in [-0.3, -0.25) is 0 Å². The molecule has 3 heterocycles. The van der Waals surface area contributed by atoms with E-state index in [-0.39, 0.29) is 17.5 Å². The molecule has 1 N–H and O–H groups in total. The predicted molar refractivity (Wildman–Crippen MR) is 111 cm³/mol. The molecule has 140 valence electrons. The summed E-state index contributed by atoms with van der Waals surface area (Å²) in [6.07, 6.45) is 2.09. The average Bonchev–Trinajstić information content (AvgIpc) is 3.32. The SMILES string of the molecule is CC(C)(C)c1ccc(NC(=O)N2CCn3cccc3[C@H]2c2cccs2)cc1. The van der Waals surface area contributed by atoms with Crippen LogP contribution in [-0.4, -0.2) is 22.0 Å². The van der Waals surface area contributed by atoms with E-state index in [0.29, 0.717) is 6.54 Å². The number of hydrogen-bond acceptors (Lipinski definition) is 2. The lowest BCUT2D eigenvalue weighted by Gasteiger charge is -2.36. The van der Waals surface area contributed by atoms with Gasteiger partial charge in [-0.1, -0.05) is 39.0 Å². The third-order valence-corrected chi connectivity index (χ3v) is 6.04. The number of urea groups is 1. The Balaban J connectivity index is 1.57. The maximum absolute atomic E-state index is 13.1. The predicted octanol–water partition coefficient (Wildman–Crippen LogP) is 5.48. The molecule has 0 saturated carbocycles. The van der Waals surface area contributed by atoms with E-state index in [1.807, 2.05) is 23.1 Å². The topological polar surface area (TPSA) is 37.3 Å². The maximum Gasteiger partial charge on any atom is 0.322 e. The summed E-state index contributed by atoms with van der Waals surface area (Å²) >= 11 is 1.69. The van der Waals surface area contributed by atoms with Gasteiger partial charge in [0, 0.05) is 35.5 Å². The molecule has 0 fully saturated rings. The third kappa shape index (κ3) is 3.52. The number of rotatable bonds is 2. The molecule has 1 aliphatic rings. The third-order valence-electron chi connectivity index (χ3n) is 5.11. The molecule has 0 radical (unpaired) electrons. The second-order valence-corrected chi connectivity index (χ2v) is 8.97. The zero-order valence-corrected chi connectivity index (χ0v) is 16.8. The van der Waals surface area contributed by atoms with E-state index >= 15 is 0 Å². The Morgan fingerprint density at radius 1 is 1.07 bits per heavy atom. The van der Waals surface area contributed by atoms with Crippen LogP contribution in [0.15, 0.2) is 60.1 Å². The number of hydrogen-bond donors (Lipinski definition) is 1. The summed E-state index contributed by atoms with van der Waals surface area (Å²) in [5, 5.41) is 5.16. The number of benzene rings is 1. The summed E-state index contributed by atoms with van der Waals surface area (Å²) in [4.78, 5) is 16.2. The molecule has 0 saturated heterocycles. The highest BCUT2D eigenvalue weighted by atomic mass is 32.1. The number of aromatic nitrogens is 1. The molecule has 2 amide bonds. The number of nitrogens with zero attached hydrogens (tertiary/aromatic N) is 2. The normalized spacial score (nSPS) is 16.9. The first kappa shape index (κ1) is 17.9. The number of amides is 2. The second kappa shape index (κ2) is 6.89. The van der Waals surface area contributed by atoms with E-state index < -0.39 is 0 Å². The van der Waals surface area contributed by atoms with Crippen LogP contribution in [0.2, 0.25) is 0 Å². The van der Waals surface area contributed by atoms with Crippen LogP contribution in [0.3, 0.4) is 0 Å². The van der Waals surface area contributed by atoms with Crippen molar-refractivity contribution in [2.45, 2.75) is 38.8 Å². The van der Waals surface area contributed by atoms with E-state index in [0.717, 1.165) is 12.2 Å². The van der Waals surface area contributed by atoms with Crippen LogP contribution >= 0.6 is 11.3 Å². The van der Waals surface area contributed by atoms with Gasteiger partial charge in [-0.2, -0.15) is 0 Å². The van der Waals surface area contributed by atoms with Crippen LogP contribution < -0.4 is 5.32 Å². The standard InChI is InChI=1S/C22H25N3OS/c1-22(2,3)16-8-10-17(11-9-16)23-21(26)25-14-13-24-12-4-6-18(24)20(25)19-7-5-15-27-19/h4-12,15,20H,13-14H2,1-3H3,(H,23,26)/t20-/m0/s1. The number of anilines is 1. The first-order valence-electron chi connectivity index (χ1n) is 9.30. The molecule has 4 rings (SSSR count). The highest BCUT2D eigenvalue weighted by molar-refractivity contribution is 7.10. The number of fused-ring (bicyclic) bond motifs is 1. The largest absolute Gasteiger partial charge is 0.347 e. The molecule has 0 unspecified atom stereocenters. The molecule has 0 aliphatic carbocycles. The fourth-order valence-corrected chi connectivity index (χ4v) is 4.45. The van der Waals surface area contributed by atoms with Crippen LogP contribution in [-0.2, 0) is 12.0 Å². The van der Waals surface area contributed by atoms with Gasteiger partial charge >= 0.3 is 6.03 Å². The molecule has 2 aromatic heterocycles. The lowest BCUT2D eigenvalue weighted by atomic mass is 9.87. The lowest BCUT2D eigenvalue weighted by molar-refractivity contribution is 0.183. The van der Waals surface area contributed by atoms with Crippen molar-refractivity contribution in [1.29, 1.82) is 0 Å². The van der Waals surface area contributed by atoms with Crippen molar-refractivity contribution >= 4 is 23.1 Å². The Morgan fingerprint density at radius 2 is 1.85 bits per heavy atom. The smallest absolute Gasteiger partial charge is 0.322 e. The monoisotopic (exact) mass is 379 g/mol. The van der Waals surface area contributed by atoms with Gasteiger partial charge < -0.3 is 14.8 Å². The molecule has 1 atom stereocenters. The molecule has 5 heteroatoms.